The summed E-state index contributed by atoms with van der Waals surface area (Å²) in [5.41, 5.74) is 0.533. The van der Waals surface area contributed by atoms with Gasteiger partial charge in [0.2, 0.25) is 0 Å². The fourth-order valence-corrected chi connectivity index (χ4v) is 2.18. The van der Waals surface area contributed by atoms with Gasteiger partial charge in [0, 0.05) is 13.1 Å². The largest absolute Gasteiger partial charge is 0.492 e. The second-order valence-corrected chi connectivity index (χ2v) is 4.63. The van der Waals surface area contributed by atoms with E-state index in [4.69, 9.17) is 15.1 Å². The highest BCUT2D eigenvalue weighted by molar-refractivity contribution is 5.64. The molecule has 5 heteroatoms. The third-order valence-electron chi connectivity index (χ3n) is 3.37. The molecule has 1 N–H and O–H groups in total. The Morgan fingerprint density at radius 1 is 1.42 bits per heavy atom. The second kappa shape index (κ2) is 6.10. The summed E-state index contributed by atoms with van der Waals surface area (Å²) >= 11 is 0. The Labute approximate surface area is 112 Å². The summed E-state index contributed by atoms with van der Waals surface area (Å²) in [4.78, 5) is 12.2. The molecule has 1 heterocycles. The maximum atomic E-state index is 10.8. The number of ether oxygens (including phenoxy) is 1. The van der Waals surface area contributed by atoms with Crippen molar-refractivity contribution in [3.05, 3.63) is 29.8 Å². The minimum atomic E-state index is -0.853. The highest BCUT2D eigenvalue weighted by Gasteiger charge is 2.22. The summed E-state index contributed by atoms with van der Waals surface area (Å²) < 4.78 is 5.67. The fraction of sp³-hybridized carbons (Fsp3) is 0.429. The Balaban J connectivity index is 1.84. The molecule has 0 unspecified atom stereocenters. The van der Waals surface area contributed by atoms with E-state index >= 15 is 0 Å². The van der Waals surface area contributed by atoms with Crippen LogP contribution in [0, 0.1) is 17.2 Å². The van der Waals surface area contributed by atoms with Crippen molar-refractivity contribution in [3.8, 4) is 11.8 Å². The number of piperidine rings is 1. The van der Waals surface area contributed by atoms with Crippen molar-refractivity contribution in [2.24, 2.45) is 5.92 Å². The molecule has 0 spiro atoms. The first kappa shape index (κ1) is 13.2. The molecule has 1 aliphatic rings. The van der Waals surface area contributed by atoms with Crippen LogP contribution in [0.4, 0.5) is 4.79 Å². The minimum absolute atomic E-state index is 0.349. The zero-order valence-corrected chi connectivity index (χ0v) is 10.6. The first-order valence-electron chi connectivity index (χ1n) is 6.30. The van der Waals surface area contributed by atoms with E-state index < -0.39 is 6.09 Å². The number of para-hydroxylation sites is 1. The third kappa shape index (κ3) is 3.38. The number of hydrogen-bond donors (Lipinski definition) is 1. The Hall–Kier alpha value is -2.22. The molecule has 1 aliphatic heterocycles. The zero-order chi connectivity index (χ0) is 13.7. The van der Waals surface area contributed by atoms with Crippen molar-refractivity contribution in [3.63, 3.8) is 0 Å². The van der Waals surface area contributed by atoms with E-state index in [1.165, 1.54) is 4.90 Å². The fourth-order valence-electron chi connectivity index (χ4n) is 2.18. The third-order valence-corrected chi connectivity index (χ3v) is 3.37. The number of rotatable bonds is 3. The van der Waals surface area contributed by atoms with E-state index in [1.54, 1.807) is 18.2 Å². The van der Waals surface area contributed by atoms with Crippen molar-refractivity contribution >= 4 is 6.09 Å². The maximum absolute atomic E-state index is 10.8. The van der Waals surface area contributed by atoms with Crippen LogP contribution in [0.15, 0.2) is 24.3 Å². The van der Waals surface area contributed by atoms with Gasteiger partial charge in [-0.3, -0.25) is 0 Å². The Kier molecular flexibility index (Phi) is 4.24. The Bertz CT molecular complexity index is 488. The molecular weight excluding hydrogens is 244 g/mol. The van der Waals surface area contributed by atoms with Crippen molar-refractivity contribution < 1.29 is 14.6 Å². The van der Waals surface area contributed by atoms with Gasteiger partial charge in [-0.25, -0.2) is 4.79 Å². The number of hydrogen-bond acceptors (Lipinski definition) is 3. The summed E-state index contributed by atoms with van der Waals surface area (Å²) in [5.74, 6) is 0.952. The smallest absolute Gasteiger partial charge is 0.407 e. The molecule has 2 rings (SSSR count). The molecule has 1 aromatic rings. The molecule has 0 radical (unpaired) electrons. The average molecular weight is 260 g/mol. The lowest BCUT2D eigenvalue weighted by Gasteiger charge is -2.29. The van der Waals surface area contributed by atoms with E-state index in [-0.39, 0.29) is 0 Å². The lowest BCUT2D eigenvalue weighted by Crippen LogP contribution is -2.38. The molecule has 0 saturated carbocycles. The number of carboxylic acid groups (broad SMARTS) is 1. The molecule has 5 nitrogen and oxygen atoms in total. The quantitative estimate of drug-likeness (QED) is 0.905. The summed E-state index contributed by atoms with van der Waals surface area (Å²) in [5, 5.41) is 17.8. The topological polar surface area (TPSA) is 73.6 Å². The van der Waals surface area contributed by atoms with Crippen molar-refractivity contribution in [2.45, 2.75) is 12.8 Å². The number of likely N-dealkylation sites (tertiary alicyclic amines) is 1. The summed E-state index contributed by atoms with van der Waals surface area (Å²) in [7, 11) is 0. The van der Waals surface area contributed by atoms with Gasteiger partial charge in [0.1, 0.15) is 11.8 Å². The standard InChI is InChI=1S/C14H16N2O3/c15-9-12-3-1-2-4-13(12)19-10-11-5-7-16(8-6-11)14(17)18/h1-4,11H,5-8,10H2,(H,17,18). The van der Waals surface area contributed by atoms with Crippen molar-refractivity contribution in [1.82, 2.24) is 4.90 Å². The highest BCUT2D eigenvalue weighted by atomic mass is 16.5. The Morgan fingerprint density at radius 2 is 2.11 bits per heavy atom. The van der Waals surface area contributed by atoms with Crippen molar-refractivity contribution in [2.75, 3.05) is 19.7 Å². The van der Waals surface area contributed by atoms with Gasteiger partial charge in [-0.15, -0.1) is 0 Å². The second-order valence-electron chi connectivity index (χ2n) is 4.63. The van der Waals surface area contributed by atoms with Crippen LogP contribution >= 0.6 is 0 Å². The Morgan fingerprint density at radius 3 is 2.74 bits per heavy atom. The van der Waals surface area contributed by atoms with Crippen LogP contribution in [0.2, 0.25) is 0 Å². The van der Waals surface area contributed by atoms with Crippen LogP contribution < -0.4 is 4.74 Å². The molecule has 0 aromatic heterocycles. The predicted octanol–water partition coefficient (Wildman–Crippen LogP) is 2.33. The van der Waals surface area contributed by atoms with E-state index in [0.717, 1.165) is 12.8 Å². The molecule has 1 fully saturated rings. The predicted molar refractivity (Wildman–Crippen MR) is 69.0 cm³/mol. The van der Waals surface area contributed by atoms with E-state index in [0.29, 0.717) is 36.9 Å². The maximum Gasteiger partial charge on any atom is 0.407 e. The first-order valence-corrected chi connectivity index (χ1v) is 6.30. The van der Waals surface area contributed by atoms with E-state index in [9.17, 15) is 4.79 Å². The summed E-state index contributed by atoms with van der Waals surface area (Å²) in [6, 6.07) is 9.24. The SMILES string of the molecule is N#Cc1ccccc1OCC1CCN(C(=O)O)CC1. The number of nitriles is 1. The van der Waals surface area contributed by atoms with Crippen LogP contribution in [0.1, 0.15) is 18.4 Å². The molecule has 19 heavy (non-hydrogen) atoms. The lowest BCUT2D eigenvalue weighted by molar-refractivity contribution is 0.111. The molecular formula is C14H16N2O3. The normalized spacial score (nSPS) is 15.8. The van der Waals surface area contributed by atoms with Gasteiger partial charge in [-0.2, -0.15) is 5.26 Å². The van der Waals surface area contributed by atoms with Crippen LogP contribution in [-0.2, 0) is 0 Å². The molecule has 1 amide bonds. The van der Waals surface area contributed by atoms with Crippen LogP contribution in [-0.4, -0.2) is 35.8 Å². The van der Waals surface area contributed by atoms with Gasteiger partial charge < -0.3 is 14.7 Å². The van der Waals surface area contributed by atoms with Crippen molar-refractivity contribution in [1.29, 1.82) is 5.26 Å². The van der Waals surface area contributed by atoms with Gasteiger partial charge in [-0.05, 0) is 30.9 Å². The molecule has 1 aromatic carbocycles. The first-order chi connectivity index (χ1) is 9.20. The molecule has 0 atom stereocenters. The average Bonchev–Trinajstić information content (AvgIpc) is 2.45. The molecule has 0 bridgehead atoms. The highest BCUT2D eigenvalue weighted by Crippen LogP contribution is 2.21. The van der Waals surface area contributed by atoms with E-state index in [2.05, 4.69) is 6.07 Å². The van der Waals surface area contributed by atoms with Gasteiger partial charge in [0.15, 0.2) is 0 Å². The van der Waals surface area contributed by atoms with Crippen LogP contribution in [0.3, 0.4) is 0 Å². The number of benzene rings is 1. The van der Waals surface area contributed by atoms with Gasteiger partial charge in [0.25, 0.3) is 0 Å². The minimum Gasteiger partial charge on any atom is -0.492 e. The zero-order valence-electron chi connectivity index (χ0n) is 10.6. The number of nitrogens with zero attached hydrogens (tertiary/aromatic N) is 2. The number of carbonyl (C=O) groups is 1. The summed E-state index contributed by atoms with van der Waals surface area (Å²) in [6.07, 6.45) is 0.761. The number of amides is 1. The molecule has 1 saturated heterocycles. The lowest BCUT2D eigenvalue weighted by atomic mass is 9.98. The van der Waals surface area contributed by atoms with Gasteiger partial charge in [-0.1, -0.05) is 12.1 Å². The monoisotopic (exact) mass is 260 g/mol. The van der Waals surface area contributed by atoms with Crippen LogP contribution in [0.25, 0.3) is 0 Å². The van der Waals surface area contributed by atoms with Crippen LogP contribution in [0.5, 0.6) is 5.75 Å². The summed E-state index contributed by atoms with van der Waals surface area (Å²) in [6.45, 7) is 1.65. The molecule has 0 aliphatic carbocycles. The van der Waals surface area contributed by atoms with Gasteiger partial charge in [0.05, 0.1) is 12.2 Å². The van der Waals surface area contributed by atoms with Gasteiger partial charge >= 0.3 is 6.09 Å². The van der Waals surface area contributed by atoms with E-state index in [1.807, 2.05) is 6.07 Å². The molecule has 100 valence electrons.